The highest BCUT2D eigenvalue weighted by Gasteiger charge is 2.07. The summed E-state index contributed by atoms with van der Waals surface area (Å²) in [4.78, 5) is 0. The van der Waals surface area contributed by atoms with Gasteiger partial charge in [-0.05, 0) is 24.1 Å². The molecule has 15 heavy (non-hydrogen) atoms. The topological polar surface area (TPSA) is 12.0 Å². The molecule has 0 aromatic heterocycles. The van der Waals surface area contributed by atoms with E-state index in [0.29, 0.717) is 6.04 Å². The van der Waals surface area contributed by atoms with E-state index < -0.39 is 0 Å². The van der Waals surface area contributed by atoms with Crippen LogP contribution >= 0.6 is 27.5 Å². The van der Waals surface area contributed by atoms with E-state index in [4.69, 9.17) is 11.6 Å². The summed E-state index contributed by atoms with van der Waals surface area (Å²) in [7, 11) is 0. The molecule has 0 bridgehead atoms. The molecule has 1 rings (SSSR count). The maximum Gasteiger partial charge on any atom is 0.0406 e. The molecule has 0 aliphatic heterocycles. The van der Waals surface area contributed by atoms with Crippen LogP contribution in [0.1, 0.15) is 24.9 Å². The third kappa shape index (κ3) is 4.37. The van der Waals surface area contributed by atoms with Gasteiger partial charge in [0.1, 0.15) is 0 Å². The number of nitrogens with one attached hydrogen (secondary N) is 1. The van der Waals surface area contributed by atoms with E-state index in [0.717, 1.165) is 22.5 Å². The molecule has 0 saturated carbocycles. The van der Waals surface area contributed by atoms with Crippen LogP contribution < -0.4 is 5.32 Å². The van der Waals surface area contributed by atoms with Crippen LogP contribution in [-0.2, 0) is 0 Å². The van der Waals surface area contributed by atoms with Gasteiger partial charge in [0.05, 0.1) is 0 Å². The summed E-state index contributed by atoms with van der Waals surface area (Å²) >= 11 is 9.18. The van der Waals surface area contributed by atoms with Gasteiger partial charge < -0.3 is 5.32 Å². The first-order valence-corrected chi connectivity index (χ1v) is 6.12. The molecule has 0 aliphatic carbocycles. The summed E-state index contributed by atoms with van der Waals surface area (Å²) in [6.45, 7) is 6.74. The van der Waals surface area contributed by atoms with Crippen LogP contribution in [0.2, 0.25) is 5.02 Å². The summed E-state index contributed by atoms with van der Waals surface area (Å²) in [5.74, 6) is 0. The van der Waals surface area contributed by atoms with Crippen molar-refractivity contribution >= 4 is 27.5 Å². The van der Waals surface area contributed by atoms with Gasteiger partial charge in [-0.3, -0.25) is 0 Å². The van der Waals surface area contributed by atoms with Crippen LogP contribution in [0, 0.1) is 0 Å². The predicted octanol–water partition coefficient (Wildman–Crippen LogP) is 4.29. The van der Waals surface area contributed by atoms with Gasteiger partial charge >= 0.3 is 0 Å². The molecular formula is C12H15BrClN. The Hall–Kier alpha value is -0.310. The number of rotatable bonds is 5. The first kappa shape index (κ1) is 12.8. The molecule has 1 aromatic carbocycles. The molecule has 0 saturated heterocycles. The lowest BCUT2D eigenvalue weighted by molar-refractivity contribution is 0.550. The minimum Gasteiger partial charge on any atom is -0.305 e. The molecule has 0 aliphatic rings. The molecule has 1 N–H and O–H groups in total. The molecule has 3 heteroatoms. The van der Waals surface area contributed by atoms with E-state index in [2.05, 4.69) is 46.9 Å². The third-order valence-corrected chi connectivity index (χ3v) is 2.75. The molecule has 0 fully saturated rings. The molecular weight excluding hydrogens is 273 g/mol. The van der Waals surface area contributed by atoms with E-state index >= 15 is 0 Å². The smallest absolute Gasteiger partial charge is 0.0406 e. The Morgan fingerprint density at radius 3 is 2.53 bits per heavy atom. The molecule has 0 spiro atoms. The number of benzene rings is 1. The Labute approximate surface area is 105 Å². The van der Waals surface area contributed by atoms with E-state index in [9.17, 15) is 0 Å². The molecule has 0 heterocycles. The lowest BCUT2D eigenvalue weighted by atomic mass is 10.0. The highest BCUT2D eigenvalue weighted by molar-refractivity contribution is 9.11. The Bertz CT molecular complexity index is 321. The minimum absolute atomic E-state index is 0.358. The van der Waals surface area contributed by atoms with Crippen LogP contribution in [0.4, 0.5) is 0 Å². The van der Waals surface area contributed by atoms with Crippen molar-refractivity contribution in [2.75, 3.05) is 6.54 Å². The zero-order valence-electron chi connectivity index (χ0n) is 8.76. The number of hydrogen-bond donors (Lipinski definition) is 1. The van der Waals surface area contributed by atoms with Crippen LogP contribution in [0.5, 0.6) is 0 Å². The van der Waals surface area contributed by atoms with Crippen molar-refractivity contribution in [2.45, 2.75) is 19.4 Å². The van der Waals surface area contributed by atoms with E-state index in [1.165, 1.54) is 5.56 Å². The maximum atomic E-state index is 5.85. The Morgan fingerprint density at radius 2 is 2.07 bits per heavy atom. The molecule has 0 radical (unpaired) electrons. The largest absolute Gasteiger partial charge is 0.305 e. The van der Waals surface area contributed by atoms with Gasteiger partial charge in [-0.25, -0.2) is 0 Å². The van der Waals surface area contributed by atoms with Crippen LogP contribution in [0.15, 0.2) is 35.3 Å². The van der Waals surface area contributed by atoms with Crippen molar-refractivity contribution in [3.8, 4) is 0 Å². The van der Waals surface area contributed by atoms with Crippen LogP contribution in [-0.4, -0.2) is 6.54 Å². The minimum atomic E-state index is 0.358. The summed E-state index contributed by atoms with van der Waals surface area (Å²) in [5, 5.41) is 4.19. The van der Waals surface area contributed by atoms with E-state index in [1.54, 1.807) is 0 Å². The summed E-state index contributed by atoms with van der Waals surface area (Å²) < 4.78 is 0.968. The Kier molecular flexibility index (Phi) is 5.37. The van der Waals surface area contributed by atoms with Crippen molar-refractivity contribution in [1.29, 1.82) is 0 Å². The molecule has 1 atom stereocenters. The first-order chi connectivity index (χ1) is 7.13. The third-order valence-electron chi connectivity index (χ3n) is 2.22. The summed E-state index contributed by atoms with van der Waals surface area (Å²) in [6, 6.07) is 8.31. The quantitative estimate of drug-likeness (QED) is 0.852. The normalized spacial score (nSPS) is 12.5. The molecule has 0 amide bonds. The predicted molar refractivity (Wildman–Crippen MR) is 70.6 cm³/mol. The second kappa shape index (κ2) is 6.31. The maximum absolute atomic E-state index is 5.85. The van der Waals surface area contributed by atoms with Crippen molar-refractivity contribution in [3.05, 3.63) is 45.9 Å². The van der Waals surface area contributed by atoms with Gasteiger partial charge in [0, 0.05) is 22.1 Å². The summed E-state index contributed by atoms with van der Waals surface area (Å²) in [5.41, 5.74) is 1.26. The van der Waals surface area contributed by atoms with Gasteiger partial charge in [0.2, 0.25) is 0 Å². The van der Waals surface area contributed by atoms with Crippen LogP contribution in [0.3, 0.4) is 0 Å². The van der Waals surface area contributed by atoms with E-state index in [-0.39, 0.29) is 0 Å². The zero-order chi connectivity index (χ0) is 11.3. The average molecular weight is 289 g/mol. The number of halogens is 2. The second-order valence-corrected chi connectivity index (χ2v) is 4.97. The zero-order valence-corrected chi connectivity index (χ0v) is 11.1. The van der Waals surface area contributed by atoms with Gasteiger partial charge in [0.15, 0.2) is 0 Å². The lowest BCUT2D eigenvalue weighted by Gasteiger charge is -2.17. The van der Waals surface area contributed by atoms with Gasteiger partial charge in [-0.2, -0.15) is 0 Å². The van der Waals surface area contributed by atoms with Crippen molar-refractivity contribution in [3.63, 3.8) is 0 Å². The Balaban J connectivity index is 2.65. The standard InChI is InChI=1S/C12H15BrClN/c1-3-12(15-8-9(2)13)10-4-6-11(14)7-5-10/h4-7,12,15H,2-3,8H2,1H3. The fraction of sp³-hybridized carbons (Fsp3) is 0.333. The first-order valence-electron chi connectivity index (χ1n) is 4.95. The van der Waals surface area contributed by atoms with E-state index in [1.807, 2.05) is 12.1 Å². The fourth-order valence-electron chi connectivity index (χ4n) is 1.43. The molecule has 82 valence electrons. The lowest BCUT2D eigenvalue weighted by Crippen LogP contribution is -2.21. The molecule has 1 nitrogen and oxygen atoms in total. The van der Waals surface area contributed by atoms with Crippen molar-refractivity contribution < 1.29 is 0 Å². The van der Waals surface area contributed by atoms with Gasteiger partial charge in [-0.1, -0.05) is 53.2 Å². The summed E-state index contributed by atoms with van der Waals surface area (Å²) in [6.07, 6.45) is 1.04. The second-order valence-electron chi connectivity index (χ2n) is 3.41. The number of hydrogen-bond acceptors (Lipinski definition) is 1. The SMILES string of the molecule is C=C(Br)CNC(CC)c1ccc(Cl)cc1. The van der Waals surface area contributed by atoms with Gasteiger partial charge in [0.25, 0.3) is 0 Å². The average Bonchev–Trinajstić information content (AvgIpc) is 2.21. The highest BCUT2D eigenvalue weighted by atomic mass is 79.9. The molecule has 1 aromatic rings. The monoisotopic (exact) mass is 287 g/mol. The molecule has 1 unspecified atom stereocenters. The highest BCUT2D eigenvalue weighted by Crippen LogP contribution is 2.19. The van der Waals surface area contributed by atoms with Gasteiger partial charge in [-0.15, -0.1) is 0 Å². The Morgan fingerprint density at radius 1 is 1.47 bits per heavy atom. The fourth-order valence-corrected chi connectivity index (χ4v) is 1.71. The van der Waals surface area contributed by atoms with Crippen LogP contribution in [0.25, 0.3) is 0 Å². The van der Waals surface area contributed by atoms with Crippen molar-refractivity contribution in [1.82, 2.24) is 5.32 Å². The van der Waals surface area contributed by atoms with Crippen molar-refractivity contribution in [2.24, 2.45) is 0 Å².